The summed E-state index contributed by atoms with van der Waals surface area (Å²) in [5, 5.41) is 4.02. The Bertz CT molecular complexity index is 813. The number of hydrogen-bond acceptors (Lipinski definition) is 2. The zero-order valence-corrected chi connectivity index (χ0v) is 14.6. The number of likely N-dealkylation sites (tertiary alicyclic amines) is 1. The van der Waals surface area contributed by atoms with E-state index in [0.717, 1.165) is 42.5 Å². The number of carbonyl (C=O) groups is 2. The summed E-state index contributed by atoms with van der Waals surface area (Å²) in [6.07, 6.45) is 1.92. The van der Waals surface area contributed by atoms with Gasteiger partial charge in [-0.3, -0.25) is 4.79 Å². The van der Waals surface area contributed by atoms with Gasteiger partial charge >= 0.3 is 6.03 Å². The van der Waals surface area contributed by atoms with Crippen LogP contribution in [0.1, 0.15) is 18.5 Å². The molecule has 1 aromatic carbocycles. The van der Waals surface area contributed by atoms with Gasteiger partial charge in [-0.15, -0.1) is 0 Å². The van der Waals surface area contributed by atoms with Crippen LogP contribution in [0.15, 0.2) is 30.3 Å². The molecule has 0 saturated carbocycles. The summed E-state index contributed by atoms with van der Waals surface area (Å²) in [5.41, 5.74) is 2.20. The number of fused-ring (bicyclic) bond motifs is 1. The predicted molar refractivity (Wildman–Crippen MR) is 96.4 cm³/mol. The second kappa shape index (κ2) is 6.43. The number of aromatic nitrogens is 1. The molecule has 2 aliphatic heterocycles. The Labute approximate surface area is 147 Å². The zero-order valence-electron chi connectivity index (χ0n) is 14.6. The number of nitrogens with zero attached hydrogens (tertiary/aromatic N) is 3. The van der Waals surface area contributed by atoms with Gasteiger partial charge in [0, 0.05) is 37.4 Å². The fourth-order valence-corrected chi connectivity index (χ4v) is 4.06. The molecule has 0 bridgehead atoms. The number of para-hydroxylation sites is 1. The van der Waals surface area contributed by atoms with Crippen molar-refractivity contribution in [2.24, 2.45) is 0 Å². The molecular formula is C19H24N4O2. The minimum absolute atomic E-state index is 0.00606. The smallest absolute Gasteiger partial charge is 0.317 e. The Morgan fingerprint density at radius 3 is 2.92 bits per heavy atom. The third kappa shape index (κ3) is 2.97. The molecule has 0 radical (unpaired) electrons. The maximum Gasteiger partial charge on any atom is 0.317 e. The van der Waals surface area contributed by atoms with Crippen LogP contribution in [-0.4, -0.2) is 58.5 Å². The van der Waals surface area contributed by atoms with Gasteiger partial charge in [0.05, 0.1) is 6.04 Å². The molecular weight excluding hydrogens is 316 g/mol. The van der Waals surface area contributed by atoms with Gasteiger partial charge in [-0.25, -0.2) is 4.79 Å². The topological polar surface area (TPSA) is 57.6 Å². The van der Waals surface area contributed by atoms with Gasteiger partial charge in [0.1, 0.15) is 6.54 Å². The van der Waals surface area contributed by atoms with Crippen LogP contribution in [0.5, 0.6) is 0 Å². The lowest BCUT2D eigenvalue weighted by atomic mass is 10.0. The molecule has 4 rings (SSSR count). The Balaban J connectivity index is 1.48. The third-order valence-corrected chi connectivity index (χ3v) is 5.39. The van der Waals surface area contributed by atoms with E-state index in [-0.39, 0.29) is 18.0 Å². The molecule has 1 aromatic heterocycles. The van der Waals surface area contributed by atoms with Crippen LogP contribution in [0.2, 0.25) is 0 Å². The molecule has 1 N–H and O–H groups in total. The molecule has 2 saturated heterocycles. The average Bonchev–Trinajstić information content (AvgIpc) is 3.18. The van der Waals surface area contributed by atoms with Gasteiger partial charge < -0.3 is 19.7 Å². The quantitative estimate of drug-likeness (QED) is 0.929. The standard InChI is InChI=1S/C19H24N4O2/c1-14-11-15-5-2-3-7-17(15)23(14)13-18(24)21-9-4-6-16(12-21)22-10-8-20-19(22)25/h2-3,5,7,11,16H,4,6,8-10,12-13H2,1H3,(H,20,25)/t16-/m1/s1. The normalized spacial score (nSPS) is 21.0. The first-order valence-corrected chi connectivity index (χ1v) is 9.00. The van der Waals surface area contributed by atoms with Crippen molar-refractivity contribution >= 4 is 22.8 Å². The molecule has 6 heteroatoms. The van der Waals surface area contributed by atoms with Crippen molar-refractivity contribution < 1.29 is 9.59 Å². The highest BCUT2D eigenvalue weighted by molar-refractivity contribution is 5.84. The zero-order chi connectivity index (χ0) is 17.4. The molecule has 0 unspecified atom stereocenters. The molecule has 2 aliphatic rings. The van der Waals surface area contributed by atoms with E-state index in [1.165, 1.54) is 0 Å². The number of nitrogens with one attached hydrogen (secondary N) is 1. The minimum Gasteiger partial charge on any atom is -0.339 e. The highest BCUT2D eigenvalue weighted by atomic mass is 16.2. The molecule has 132 valence electrons. The second-order valence-corrected chi connectivity index (χ2v) is 6.99. The van der Waals surface area contributed by atoms with Gasteiger partial charge in [-0.1, -0.05) is 18.2 Å². The summed E-state index contributed by atoms with van der Waals surface area (Å²) < 4.78 is 2.09. The lowest BCUT2D eigenvalue weighted by Crippen LogP contribution is -2.51. The van der Waals surface area contributed by atoms with Crippen molar-refractivity contribution in [1.82, 2.24) is 19.7 Å². The Kier molecular flexibility index (Phi) is 4.11. The summed E-state index contributed by atoms with van der Waals surface area (Å²) >= 11 is 0. The number of carbonyl (C=O) groups excluding carboxylic acids is 2. The molecule has 6 nitrogen and oxygen atoms in total. The van der Waals surface area contributed by atoms with Crippen LogP contribution >= 0.6 is 0 Å². The van der Waals surface area contributed by atoms with E-state index in [9.17, 15) is 9.59 Å². The third-order valence-electron chi connectivity index (χ3n) is 5.39. The molecule has 3 heterocycles. The summed E-state index contributed by atoms with van der Waals surface area (Å²) in [4.78, 5) is 28.6. The van der Waals surface area contributed by atoms with Gasteiger partial charge in [0.25, 0.3) is 0 Å². The first-order valence-electron chi connectivity index (χ1n) is 9.00. The Morgan fingerprint density at radius 2 is 2.12 bits per heavy atom. The highest BCUT2D eigenvalue weighted by Gasteiger charge is 2.32. The van der Waals surface area contributed by atoms with E-state index in [4.69, 9.17) is 0 Å². The Hall–Kier alpha value is -2.50. The van der Waals surface area contributed by atoms with Crippen LogP contribution < -0.4 is 5.32 Å². The van der Waals surface area contributed by atoms with E-state index >= 15 is 0 Å². The fraction of sp³-hybridized carbons (Fsp3) is 0.474. The molecule has 0 aliphatic carbocycles. The number of urea groups is 1. The lowest BCUT2D eigenvalue weighted by molar-refractivity contribution is -0.133. The van der Waals surface area contributed by atoms with Crippen molar-refractivity contribution in [3.05, 3.63) is 36.0 Å². The minimum atomic E-state index is 0.00606. The number of benzene rings is 1. The monoisotopic (exact) mass is 340 g/mol. The predicted octanol–water partition coefficient (Wildman–Crippen LogP) is 1.97. The number of rotatable bonds is 3. The largest absolute Gasteiger partial charge is 0.339 e. The van der Waals surface area contributed by atoms with E-state index < -0.39 is 0 Å². The van der Waals surface area contributed by atoms with Crippen LogP contribution in [0.3, 0.4) is 0 Å². The van der Waals surface area contributed by atoms with E-state index in [2.05, 4.69) is 28.1 Å². The first-order chi connectivity index (χ1) is 12.1. The molecule has 25 heavy (non-hydrogen) atoms. The molecule has 3 amide bonds. The second-order valence-electron chi connectivity index (χ2n) is 6.99. The SMILES string of the molecule is Cc1cc2ccccc2n1CC(=O)N1CCC[C@@H](N2CCNC2=O)C1. The van der Waals surface area contributed by atoms with Crippen LogP contribution in [0, 0.1) is 6.92 Å². The first kappa shape index (κ1) is 16.0. The maximum atomic E-state index is 12.9. The average molecular weight is 340 g/mol. The lowest BCUT2D eigenvalue weighted by Gasteiger charge is -2.37. The molecule has 2 aromatic rings. The van der Waals surface area contributed by atoms with E-state index in [0.29, 0.717) is 19.6 Å². The summed E-state index contributed by atoms with van der Waals surface area (Å²) in [7, 11) is 0. The molecule has 1 atom stereocenters. The van der Waals surface area contributed by atoms with Crippen molar-refractivity contribution in [3.8, 4) is 0 Å². The van der Waals surface area contributed by atoms with Gasteiger partial charge in [-0.2, -0.15) is 0 Å². The maximum absolute atomic E-state index is 12.9. The summed E-state index contributed by atoms with van der Waals surface area (Å²) in [6.45, 7) is 5.28. The number of hydrogen-bond donors (Lipinski definition) is 1. The fourth-order valence-electron chi connectivity index (χ4n) is 4.06. The van der Waals surface area contributed by atoms with Crippen molar-refractivity contribution in [2.45, 2.75) is 32.4 Å². The number of piperidine rings is 1. The van der Waals surface area contributed by atoms with Crippen molar-refractivity contribution in [1.29, 1.82) is 0 Å². The van der Waals surface area contributed by atoms with Crippen LogP contribution in [-0.2, 0) is 11.3 Å². The van der Waals surface area contributed by atoms with Gasteiger partial charge in [0.15, 0.2) is 0 Å². The number of amides is 3. The summed E-state index contributed by atoms with van der Waals surface area (Å²) in [5.74, 6) is 0.133. The van der Waals surface area contributed by atoms with E-state index in [1.807, 2.05) is 28.9 Å². The van der Waals surface area contributed by atoms with E-state index in [1.54, 1.807) is 0 Å². The van der Waals surface area contributed by atoms with Crippen molar-refractivity contribution in [3.63, 3.8) is 0 Å². The highest BCUT2D eigenvalue weighted by Crippen LogP contribution is 2.21. The molecule has 2 fully saturated rings. The van der Waals surface area contributed by atoms with Crippen LogP contribution in [0.4, 0.5) is 4.79 Å². The van der Waals surface area contributed by atoms with Crippen LogP contribution in [0.25, 0.3) is 10.9 Å². The van der Waals surface area contributed by atoms with Gasteiger partial charge in [0.2, 0.25) is 5.91 Å². The summed E-state index contributed by atoms with van der Waals surface area (Å²) in [6, 6.07) is 10.4. The van der Waals surface area contributed by atoms with Crippen molar-refractivity contribution in [2.75, 3.05) is 26.2 Å². The number of aryl methyl sites for hydroxylation is 1. The Morgan fingerprint density at radius 1 is 1.28 bits per heavy atom. The van der Waals surface area contributed by atoms with Gasteiger partial charge in [-0.05, 0) is 37.3 Å². The molecule has 0 spiro atoms.